The van der Waals surface area contributed by atoms with Crippen LogP contribution < -0.4 is 0 Å². The third-order valence-electron chi connectivity index (χ3n) is 7.22. The molecule has 0 aliphatic carbocycles. The second-order valence-electron chi connectivity index (χ2n) is 9.28. The average Bonchev–Trinajstić information content (AvgIpc) is 2.71. The van der Waals surface area contributed by atoms with Gasteiger partial charge in [0.05, 0.1) is 0 Å². The fraction of sp³-hybridized carbons (Fsp3) is 0.480. The van der Waals surface area contributed by atoms with Gasteiger partial charge in [-0.15, -0.1) is 0 Å². The molecule has 1 amide bonds. The molecule has 5 rings (SSSR count). The van der Waals surface area contributed by atoms with E-state index >= 15 is 0 Å². The molecule has 2 aromatic carbocycles. The van der Waals surface area contributed by atoms with Crippen LogP contribution in [0.15, 0.2) is 48.5 Å². The minimum Gasteiger partial charge on any atom is -0.508 e. The molecule has 2 aromatic rings. The van der Waals surface area contributed by atoms with E-state index in [0.29, 0.717) is 30.0 Å². The number of halogens is 1. The number of fused-ring (bicyclic) bond motifs is 4. The molecule has 0 aromatic heterocycles. The van der Waals surface area contributed by atoms with Gasteiger partial charge in [-0.25, -0.2) is 4.39 Å². The summed E-state index contributed by atoms with van der Waals surface area (Å²) in [6.45, 7) is 2.74. The van der Waals surface area contributed by atoms with E-state index < -0.39 is 0 Å². The SMILES string of the molecule is O=C1CCC[C@H]2[C@@H]3C[C@@H](CN(Cc4cccc(O)c4)C3)[C@H](Cc3cccc(F)c3)N12. The lowest BCUT2D eigenvalue weighted by Crippen LogP contribution is -2.65. The Morgan fingerprint density at radius 2 is 1.83 bits per heavy atom. The molecule has 0 saturated carbocycles. The summed E-state index contributed by atoms with van der Waals surface area (Å²) in [4.78, 5) is 17.6. The Kier molecular flexibility index (Phi) is 5.23. The Labute approximate surface area is 177 Å². The zero-order valence-electron chi connectivity index (χ0n) is 17.2. The van der Waals surface area contributed by atoms with Crippen LogP contribution >= 0.6 is 0 Å². The van der Waals surface area contributed by atoms with Gasteiger partial charge in [0.15, 0.2) is 0 Å². The summed E-state index contributed by atoms with van der Waals surface area (Å²) in [5.74, 6) is 1.26. The van der Waals surface area contributed by atoms with Crippen molar-refractivity contribution in [1.82, 2.24) is 9.80 Å². The van der Waals surface area contributed by atoms with Crippen molar-refractivity contribution in [3.05, 3.63) is 65.5 Å². The van der Waals surface area contributed by atoms with Gasteiger partial charge in [0.1, 0.15) is 11.6 Å². The maximum atomic E-state index is 13.8. The van der Waals surface area contributed by atoms with Crippen molar-refractivity contribution in [1.29, 1.82) is 0 Å². The second kappa shape index (κ2) is 8.03. The lowest BCUT2D eigenvalue weighted by Gasteiger charge is -2.57. The predicted octanol–water partition coefficient (Wildman–Crippen LogP) is 3.98. The summed E-state index contributed by atoms with van der Waals surface area (Å²) >= 11 is 0. The van der Waals surface area contributed by atoms with Crippen LogP contribution in [0.25, 0.3) is 0 Å². The minimum atomic E-state index is -0.211. The number of phenols is 1. The summed E-state index contributed by atoms with van der Waals surface area (Å²) < 4.78 is 13.8. The highest BCUT2D eigenvalue weighted by molar-refractivity contribution is 5.78. The lowest BCUT2D eigenvalue weighted by molar-refractivity contribution is -0.152. The Hall–Kier alpha value is -2.40. The van der Waals surface area contributed by atoms with Crippen molar-refractivity contribution >= 4 is 5.91 Å². The average molecular weight is 409 g/mol. The van der Waals surface area contributed by atoms with Crippen molar-refractivity contribution in [3.8, 4) is 5.75 Å². The number of carbonyl (C=O) groups excluding carboxylic acids is 1. The third kappa shape index (κ3) is 3.83. The lowest BCUT2D eigenvalue weighted by atomic mass is 9.70. The number of nitrogens with zero attached hydrogens (tertiary/aromatic N) is 2. The number of carbonyl (C=O) groups is 1. The molecule has 5 heteroatoms. The van der Waals surface area contributed by atoms with E-state index in [4.69, 9.17) is 0 Å². The summed E-state index contributed by atoms with van der Waals surface area (Å²) in [6.07, 6.45) is 4.55. The van der Waals surface area contributed by atoms with Crippen LogP contribution in [0.1, 0.15) is 36.8 Å². The maximum absolute atomic E-state index is 13.8. The van der Waals surface area contributed by atoms with Crippen LogP contribution in [0.2, 0.25) is 0 Å². The van der Waals surface area contributed by atoms with Gasteiger partial charge < -0.3 is 10.0 Å². The largest absolute Gasteiger partial charge is 0.508 e. The number of benzene rings is 2. The van der Waals surface area contributed by atoms with Crippen LogP contribution in [-0.2, 0) is 17.8 Å². The number of phenolic OH excluding ortho intramolecular Hbond substituents is 1. The molecule has 0 unspecified atom stereocenters. The first-order valence-electron chi connectivity index (χ1n) is 11.1. The number of rotatable bonds is 4. The fourth-order valence-electron chi connectivity index (χ4n) is 6.08. The molecule has 0 spiro atoms. The van der Waals surface area contributed by atoms with E-state index in [1.54, 1.807) is 18.2 Å². The maximum Gasteiger partial charge on any atom is 0.223 e. The van der Waals surface area contributed by atoms with Crippen molar-refractivity contribution in [2.75, 3.05) is 13.1 Å². The molecule has 158 valence electrons. The van der Waals surface area contributed by atoms with E-state index in [0.717, 1.165) is 56.4 Å². The molecular weight excluding hydrogens is 379 g/mol. The van der Waals surface area contributed by atoms with E-state index in [1.807, 2.05) is 18.2 Å². The van der Waals surface area contributed by atoms with Gasteiger partial charge in [-0.05, 0) is 72.9 Å². The van der Waals surface area contributed by atoms with Crippen molar-refractivity contribution in [3.63, 3.8) is 0 Å². The Balaban J connectivity index is 1.41. The normalized spacial score (nSPS) is 29.0. The van der Waals surface area contributed by atoms with E-state index in [1.165, 1.54) is 6.07 Å². The van der Waals surface area contributed by atoms with Crippen LogP contribution in [0.3, 0.4) is 0 Å². The first-order chi connectivity index (χ1) is 14.6. The van der Waals surface area contributed by atoms with Crippen LogP contribution in [-0.4, -0.2) is 46.0 Å². The molecule has 2 bridgehead atoms. The van der Waals surface area contributed by atoms with Crippen molar-refractivity contribution in [2.45, 2.75) is 50.7 Å². The van der Waals surface area contributed by atoms with Crippen LogP contribution in [0.4, 0.5) is 4.39 Å². The summed E-state index contributed by atoms with van der Waals surface area (Å²) in [5, 5.41) is 9.82. The van der Waals surface area contributed by atoms with Gasteiger partial charge in [0.25, 0.3) is 0 Å². The molecule has 3 aliphatic heterocycles. The number of hydrogen-bond acceptors (Lipinski definition) is 3. The predicted molar refractivity (Wildman–Crippen MR) is 113 cm³/mol. The molecule has 3 aliphatic rings. The molecule has 4 nitrogen and oxygen atoms in total. The molecule has 1 N–H and O–H groups in total. The van der Waals surface area contributed by atoms with Gasteiger partial charge in [0, 0.05) is 38.1 Å². The molecule has 3 heterocycles. The molecule has 0 radical (unpaired) electrons. The van der Waals surface area contributed by atoms with Crippen molar-refractivity contribution in [2.24, 2.45) is 11.8 Å². The van der Waals surface area contributed by atoms with Crippen molar-refractivity contribution < 1.29 is 14.3 Å². The summed E-state index contributed by atoms with van der Waals surface area (Å²) in [5.41, 5.74) is 2.09. The highest BCUT2D eigenvalue weighted by Gasteiger charge is 2.49. The molecule has 3 saturated heterocycles. The molecule has 3 fully saturated rings. The Morgan fingerprint density at radius 3 is 2.67 bits per heavy atom. The van der Waals surface area contributed by atoms with E-state index in [-0.39, 0.29) is 17.8 Å². The fourth-order valence-corrected chi connectivity index (χ4v) is 6.08. The van der Waals surface area contributed by atoms with Gasteiger partial charge >= 0.3 is 0 Å². The second-order valence-corrected chi connectivity index (χ2v) is 9.28. The summed E-state index contributed by atoms with van der Waals surface area (Å²) in [7, 11) is 0. The van der Waals surface area contributed by atoms with E-state index in [2.05, 4.69) is 15.9 Å². The quantitative estimate of drug-likeness (QED) is 0.832. The van der Waals surface area contributed by atoms with Gasteiger partial charge in [-0.3, -0.25) is 9.69 Å². The minimum absolute atomic E-state index is 0.132. The topological polar surface area (TPSA) is 43.8 Å². The first kappa shape index (κ1) is 19.6. The molecule has 30 heavy (non-hydrogen) atoms. The van der Waals surface area contributed by atoms with E-state index in [9.17, 15) is 14.3 Å². The van der Waals surface area contributed by atoms with Gasteiger partial charge in [-0.1, -0.05) is 24.3 Å². The van der Waals surface area contributed by atoms with Gasteiger partial charge in [0.2, 0.25) is 5.91 Å². The van der Waals surface area contributed by atoms with Crippen LogP contribution in [0.5, 0.6) is 5.75 Å². The number of likely N-dealkylation sites (tertiary alicyclic amines) is 1. The molecular formula is C25H29FN2O2. The Morgan fingerprint density at radius 1 is 1.03 bits per heavy atom. The Bertz CT molecular complexity index is 933. The van der Waals surface area contributed by atoms with Gasteiger partial charge in [-0.2, -0.15) is 0 Å². The number of amides is 1. The standard InChI is InChI=1S/C25H29FN2O2/c26-21-6-1-4-17(10-21)12-24-20-13-19(23-8-3-9-25(30)28(23)24)15-27(16-20)14-18-5-2-7-22(29)11-18/h1-2,4-7,10-11,19-20,23-24,29H,3,8-9,12-16H2/t19-,20+,23+,24+/m1/s1. The zero-order chi connectivity index (χ0) is 20.7. The first-order valence-corrected chi connectivity index (χ1v) is 11.1. The summed E-state index contributed by atoms with van der Waals surface area (Å²) in [6, 6.07) is 14.8. The highest BCUT2D eigenvalue weighted by Crippen LogP contribution is 2.43. The monoisotopic (exact) mass is 408 g/mol. The third-order valence-corrected chi connectivity index (χ3v) is 7.22. The number of aromatic hydroxyl groups is 1. The number of piperidine rings is 3. The van der Waals surface area contributed by atoms with Crippen LogP contribution in [0, 0.1) is 17.7 Å². The number of hydrogen-bond donors (Lipinski definition) is 1. The molecule has 4 atom stereocenters. The zero-order valence-corrected chi connectivity index (χ0v) is 17.2. The smallest absolute Gasteiger partial charge is 0.223 e. The highest BCUT2D eigenvalue weighted by atomic mass is 19.1.